The van der Waals surface area contributed by atoms with Crippen LogP contribution in [0.5, 0.6) is 5.75 Å². The van der Waals surface area contributed by atoms with Gasteiger partial charge in [-0.15, -0.1) is 5.11 Å². The summed E-state index contributed by atoms with van der Waals surface area (Å²) in [4.78, 5) is 13.1. The first kappa shape index (κ1) is 23.8. The molecule has 0 spiro atoms. The molecule has 35 heavy (non-hydrogen) atoms. The van der Waals surface area contributed by atoms with Gasteiger partial charge in [-0.2, -0.15) is 15.3 Å². The lowest BCUT2D eigenvalue weighted by atomic mass is 9.84. The third kappa shape index (κ3) is 4.55. The van der Waals surface area contributed by atoms with E-state index < -0.39 is 5.97 Å². The van der Waals surface area contributed by atoms with Crippen molar-refractivity contribution in [3.8, 4) is 5.75 Å². The zero-order chi connectivity index (χ0) is 25.3. The molecule has 0 radical (unpaired) electrons. The molecule has 0 amide bonds. The van der Waals surface area contributed by atoms with Gasteiger partial charge in [0, 0.05) is 29.9 Å². The van der Waals surface area contributed by atoms with E-state index in [2.05, 4.69) is 45.8 Å². The largest absolute Gasteiger partial charge is 0.494 e. The molecule has 3 aromatic carbocycles. The molecule has 1 aliphatic rings. The van der Waals surface area contributed by atoms with Crippen LogP contribution in [0.25, 0.3) is 0 Å². The van der Waals surface area contributed by atoms with Gasteiger partial charge in [0.25, 0.3) is 0 Å². The number of likely N-dealkylation sites (N-methyl/N-ethyl adjacent to an activating group) is 1. The van der Waals surface area contributed by atoms with Gasteiger partial charge < -0.3 is 14.7 Å². The van der Waals surface area contributed by atoms with E-state index in [-0.39, 0.29) is 11.0 Å². The fourth-order valence-electron chi connectivity index (χ4n) is 4.00. The number of allylic oxidation sites excluding steroid dienone is 1. The van der Waals surface area contributed by atoms with Crippen molar-refractivity contribution in [3.05, 3.63) is 83.6 Å². The van der Waals surface area contributed by atoms with Crippen molar-refractivity contribution < 1.29 is 14.6 Å². The molecule has 0 bridgehead atoms. The molecule has 0 fully saturated rings. The van der Waals surface area contributed by atoms with Gasteiger partial charge in [-0.1, -0.05) is 20.4 Å². The van der Waals surface area contributed by atoms with Crippen molar-refractivity contribution in [2.45, 2.75) is 26.2 Å². The highest BCUT2D eigenvalue weighted by molar-refractivity contribution is 5.87. The first-order valence-electron chi connectivity index (χ1n) is 11.0. The summed E-state index contributed by atoms with van der Waals surface area (Å²) in [6.07, 6.45) is 0. The molecule has 0 aromatic heterocycles. The number of hydrogen-bond donors (Lipinski definition) is 1. The second-order valence-corrected chi connectivity index (χ2v) is 8.89. The number of carbonyl (C=O) groups is 1. The molecule has 0 aliphatic carbocycles. The number of aryl methyl sites for hydroxylation is 1. The van der Waals surface area contributed by atoms with Crippen LogP contribution in [0.3, 0.4) is 0 Å². The Morgan fingerprint density at radius 2 is 1.57 bits per heavy atom. The summed E-state index contributed by atoms with van der Waals surface area (Å²) in [6.45, 7) is 10.4. The average molecular weight is 470 g/mol. The molecule has 1 heterocycles. The molecule has 0 unspecified atom stereocenters. The number of nitrogens with zero attached hydrogens (tertiary/aromatic N) is 5. The summed E-state index contributed by atoms with van der Waals surface area (Å²) in [6, 6.07) is 15.8. The number of carboxylic acids is 1. The van der Waals surface area contributed by atoms with Crippen LogP contribution in [-0.4, -0.2) is 25.2 Å². The Bertz CT molecular complexity index is 1370. The van der Waals surface area contributed by atoms with Crippen molar-refractivity contribution in [2.75, 3.05) is 19.1 Å². The average Bonchev–Trinajstić information content (AvgIpc) is 3.02. The van der Waals surface area contributed by atoms with Crippen LogP contribution in [0.4, 0.5) is 28.4 Å². The van der Waals surface area contributed by atoms with Crippen molar-refractivity contribution in [1.82, 2.24) is 0 Å². The van der Waals surface area contributed by atoms with Crippen LogP contribution in [0.1, 0.15) is 35.3 Å². The molecule has 1 N–H and O–H groups in total. The Morgan fingerprint density at radius 3 is 2.23 bits per heavy atom. The molecular formula is C27H27N5O3. The Labute approximate surface area is 204 Å². The summed E-state index contributed by atoms with van der Waals surface area (Å²) in [5.74, 6) is -0.468. The Hall–Kier alpha value is -4.33. The second-order valence-electron chi connectivity index (χ2n) is 8.89. The third-order valence-corrected chi connectivity index (χ3v) is 6.30. The minimum atomic E-state index is -0.986. The molecule has 4 rings (SSSR count). The Kier molecular flexibility index (Phi) is 6.22. The number of hydrogen-bond acceptors (Lipinski definition) is 7. The first-order valence-corrected chi connectivity index (χ1v) is 11.0. The number of aromatic carboxylic acids is 1. The van der Waals surface area contributed by atoms with Crippen molar-refractivity contribution in [3.63, 3.8) is 0 Å². The molecular weight excluding hydrogens is 442 g/mol. The topological polar surface area (TPSA) is 99.2 Å². The minimum Gasteiger partial charge on any atom is -0.494 e. The number of benzene rings is 3. The predicted octanol–water partition coefficient (Wildman–Crippen LogP) is 7.77. The molecule has 0 saturated heterocycles. The van der Waals surface area contributed by atoms with E-state index in [9.17, 15) is 4.79 Å². The van der Waals surface area contributed by atoms with Gasteiger partial charge in [-0.3, -0.25) is 0 Å². The van der Waals surface area contributed by atoms with E-state index in [1.54, 1.807) is 25.3 Å². The minimum absolute atomic E-state index is 0.176. The summed E-state index contributed by atoms with van der Waals surface area (Å²) < 4.78 is 5.52. The third-order valence-electron chi connectivity index (χ3n) is 6.30. The molecule has 1 aliphatic heterocycles. The number of azo groups is 2. The Morgan fingerprint density at radius 1 is 0.943 bits per heavy atom. The summed E-state index contributed by atoms with van der Waals surface area (Å²) in [5.41, 5.74) is 6.68. The van der Waals surface area contributed by atoms with Gasteiger partial charge in [0.1, 0.15) is 11.4 Å². The normalized spacial score (nSPS) is 14.7. The van der Waals surface area contributed by atoms with Crippen LogP contribution in [0.15, 0.2) is 87.3 Å². The van der Waals surface area contributed by atoms with Gasteiger partial charge in [0.05, 0.1) is 29.7 Å². The van der Waals surface area contributed by atoms with Crippen molar-refractivity contribution in [1.29, 1.82) is 0 Å². The van der Waals surface area contributed by atoms with Crippen LogP contribution < -0.4 is 9.64 Å². The van der Waals surface area contributed by atoms with Crippen LogP contribution in [0, 0.1) is 6.92 Å². The van der Waals surface area contributed by atoms with E-state index in [4.69, 9.17) is 9.84 Å². The molecule has 0 saturated carbocycles. The number of fused-ring (bicyclic) bond motifs is 1. The number of methoxy groups -OCH3 is 1. The summed E-state index contributed by atoms with van der Waals surface area (Å²) in [5, 5.41) is 26.4. The molecule has 3 aromatic rings. The van der Waals surface area contributed by atoms with Gasteiger partial charge in [0.2, 0.25) is 0 Å². The van der Waals surface area contributed by atoms with Crippen LogP contribution in [-0.2, 0) is 5.41 Å². The standard InChI is InChI=1S/C27H27N5O3/c1-16-13-23(31-29-20-11-12-24-21(14-20)27(3,4)17(2)32(24)5)25(35-6)15-22(16)30-28-19-9-7-18(8-10-19)26(33)34/h7-15H,2H2,1,3-6H3,(H,33,34)/b30-28-,31-29-. The first-order chi connectivity index (χ1) is 16.6. The lowest BCUT2D eigenvalue weighted by Gasteiger charge is -2.22. The maximum atomic E-state index is 11.0. The predicted molar refractivity (Wildman–Crippen MR) is 136 cm³/mol. The maximum absolute atomic E-state index is 11.0. The van der Waals surface area contributed by atoms with E-state index in [1.165, 1.54) is 12.1 Å². The van der Waals surface area contributed by atoms with E-state index in [0.29, 0.717) is 22.8 Å². The van der Waals surface area contributed by atoms with Crippen molar-refractivity contribution in [2.24, 2.45) is 20.5 Å². The molecule has 0 atom stereocenters. The van der Waals surface area contributed by atoms with E-state index in [1.807, 2.05) is 38.2 Å². The number of ether oxygens (including phenoxy) is 1. The Balaban J connectivity index is 1.59. The van der Waals surface area contributed by atoms with Gasteiger partial charge in [0.15, 0.2) is 0 Å². The highest BCUT2D eigenvalue weighted by Crippen LogP contribution is 2.47. The quantitative estimate of drug-likeness (QED) is 0.373. The van der Waals surface area contributed by atoms with Gasteiger partial charge >= 0.3 is 5.97 Å². The maximum Gasteiger partial charge on any atom is 0.335 e. The molecule has 8 heteroatoms. The SMILES string of the molecule is C=C1N(C)c2ccc(/N=N\c3cc(C)c(/N=N\c4ccc(C(=O)O)cc4)cc3OC)cc2C1(C)C. The number of carboxylic acid groups (broad SMARTS) is 1. The van der Waals surface area contributed by atoms with Crippen LogP contribution in [0.2, 0.25) is 0 Å². The lowest BCUT2D eigenvalue weighted by Crippen LogP contribution is -2.21. The fraction of sp³-hybridized carbons (Fsp3) is 0.222. The number of anilines is 1. The van der Waals surface area contributed by atoms with E-state index >= 15 is 0 Å². The monoisotopic (exact) mass is 469 g/mol. The molecule has 8 nitrogen and oxygen atoms in total. The summed E-state index contributed by atoms with van der Waals surface area (Å²) >= 11 is 0. The lowest BCUT2D eigenvalue weighted by molar-refractivity contribution is 0.0697. The second kappa shape index (κ2) is 9.13. The highest BCUT2D eigenvalue weighted by Gasteiger charge is 2.37. The highest BCUT2D eigenvalue weighted by atomic mass is 16.5. The molecule has 178 valence electrons. The van der Waals surface area contributed by atoms with Gasteiger partial charge in [-0.05, 0) is 66.6 Å². The zero-order valence-electron chi connectivity index (χ0n) is 20.4. The smallest absolute Gasteiger partial charge is 0.335 e. The van der Waals surface area contributed by atoms with Gasteiger partial charge in [-0.25, -0.2) is 4.79 Å². The summed E-state index contributed by atoms with van der Waals surface area (Å²) in [7, 11) is 3.59. The van der Waals surface area contributed by atoms with Crippen LogP contribution >= 0.6 is 0 Å². The fourth-order valence-corrected chi connectivity index (χ4v) is 4.00. The zero-order valence-corrected chi connectivity index (χ0v) is 20.4. The van der Waals surface area contributed by atoms with Crippen molar-refractivity contribution >= 4 is 34.4 Å². The number of rotatable bonds is 6. The van der Waals surface area contributed by atoms with E-state index in [0.717, 1.165) is 28.2 Å².